The van der Waals surface area contributed by atoms with Crippen LogP contribution in [0.25, 0.3) is 0 Å². The fraction of sp³-hybridized carbons (Fsp3) is 1.00. The standard InChI is InChI=1S/C17H35N3O2S/c1-5-23(21,22)18(4)17-6-8-19(9-7-17)10-11-20-13-15(2)12-16(3)14-20/h15-17H,5-14H2,1-4H3/t15-,16+. The molecular formula is C17H35N3O2S. The number of piperidine rings is 2. The number of hydrogen-bond donors (Lipinski definition) is 0. The fourth-order valence-corrected chi connectivity index (χ4v) is 5.27. The molecule has 136 valence electrons. The van der Waals surface area contributed by atoms with E-state index in [-0.39, 0.29) is 11.8 Å². The summed E-state index contributed by atoms with van der Waals surface area (Å²) in [5, 5.41) is 0. The van der Waals surface area contributed by atoms with E-state index in [1.54, 1.807) is 18.3 Å². The summed E-state index contributed by atoms with van der Waals surface area (Å²) < 4.78 is 25.6. The summed E-state index contributed by atoms with van der Waals surface area (Å²) in [7, 11) is -1.30. The number of sulfonamides is 1. The van der Waals surface area contributed by atoms with E-state index in [9.17, 15) is 8.42 Å². The number of likely N-dealkylation sites (tertiary alicyclic amines) is 2. The quantitative estimate of drug-likeness (QED) is 0.735. The molecule has 0 bridgehead atoms. The third-order valence-electron chi connectivity index (χ3n) is 5.55. The first-order valence-electron chi connectivity index (χ1n) is 9.22. The van der Waals surface area contributed by atoms with Gasteiger partial charge in [0.1, 0.15) is 0 Å². The van der Waals surface area contributed by atoms with Crippen molar-refractivity contribution in [1.82, 2.24) is 14.1 Å². The minimum Gasteiger partial charge on any atom is -0.302 e. The Morgan fingerprint density at radius 3 is 2.04 bits per heavy atom. The van der Waals surface area contributed by atoms with Crippen molar-refractivity contribution < 1.29 is 8.42 Å². The van der Waals surface area contributed by atoms with Gasteiger partial charge in [-0.1, -0.05) is 13.8 Å². The SMILES string of the molecule is CCS(=O)(=O)N(C)C1CCN(CCN2C[C@H](C)C[C@H](C)C2)CC1. The Balaban J connectivity index is 1.73. The molecule has 6 heteroatoms. The number of nitrogens with zero attached hydrogens (tertiary/aromatic N) is 3. The fourth-order valence-electron chi connectivity index (χ4n) is 4.19. The molecule has 2 aliphatic rings. The van der Waals surface area contributed by atoms with Gasteiger partial charge >= 0.3 is 0 Å². The summed E-state index contributed by atoms with van der Waals surface area (Å²) in [5.74, 6) is 1.84. The second-order valence-corrected chi connectivity index (χ2v) is 10.0. The third kappa shape index (κ3) is 5.41. The molecule has 2 rings (SSSR count). The molecule has 0 aromatic rings. The lowest BCUT2D eigenvalue weighted by molar-refractivity contribution is 0.107. The van der Waals surface area contributed by atoms with Crippen molar-refractivity contribution in [2.24, 2.45) is 11.8 Å². The van der Waals surface area contributed by atoms with Gasteiger partial charge in [-0.25, -0.2) is 12.7 Å². The minimum atomic E-state index is -3.05. The van der Waals surface area contributed by atoms with E-state index in [1.807, 2.05) is 0 Å². The molecule has 2 atom stereocenters. The highest BCUT2D eigenvalue weighted by atomic mass is 32.2. The highest BCUT2D eigenvalue weighted by Crippen LogP contribution is 2.21. The van der Waals surface area contributed by atoms with Crippen LogP contribution in [0.5, 0.6) is 0 Å². The van der Waals surface area contributed by atoms with Gasteiger partial charge in [0, 0.05) is 39.3 Å². The Morgan fingerprint density at radius 1 is 1.00 bits per heavy atom. The van der Waals surface area contributed by atoms with Gasteiger partial charge in [-0.05, 0) is 51.1 Å². The van der Waals surface area contributed by atoms with Crippen molar-refractivity contribution in [3.05, 3.63) is 0 Å². The summed E-state index contributed by atoms with van der Waals surface area (Å²) in [4.78, 5) is 5.12. The highest BCUT2D eigenvalue weighted by Gasteiger charge is 2.29. The van der Waals surface area contributed by atoms with E-state index in [2.05, 4.69) is 23.6 Å². The lowest BCUT2D eigenvalue weighted by atomic mass is 9.92. The maximum atomic E-state index is 12.0. The van der Waals surface area contributed by atoms with Crippen molar-refractivity contribution in [2.75, 3.05) is 52.1 Å². The predicted molar refractivity (Wildman–Crippen MR) is 96.1 cm³/mol. The topological polar surface area (TPSA) is 43.9 Å². The lowest BCUT2D eigenvalue weighted by Crippen LogP contribution is -2.48. The summed E-state index contributed by atoms with van der Waals surface area (Å²) in [6.45, 7) is 13.2. The maximum Gasteiger partial charge on any atom is 0.213 e. The molecule has 0 spiro atoms. The first kappa shape index (κ1) is 19.2. The van der Waals surface area contributed by atoms with Crippen molar-refractivity contribution in [3.8, 4) is 0 Å². The molecule has 0 saturated carbocycles. The van der Waals surface area contributed by atoms with Crippen LogP contribution in [-0.2, 0) is 10.0 Å². The third-order valence-corrected chi connectivity index (χ3v) is 7.46. The predicted octanol–water partition coefficient (Wildman–Crippen LogP) is 1.71. The van der Waals surface area contributed by atoms with Gasteiger partial charge < -0.3 is 9.80 Å². The van der Waals surface area contributed by atoms with Gasteiger partial charge in [-0.2, -0.15) is 0 Å². The zero-order valence-electron chi connectivity index (χ0n) is 15.4. The lowest BCUT2D eigenvalue weighted by Gasteiger charge is -2.39. The maximum absolute atomic E-state index is 12.0. The molecule has 23 heavy (non-hydrogen) atoms. The Morgan fingerprint density at radius 2 is 1.52 bits per heavy atom. The van der Waals surface area contributed by atoms with E-state index in [4.69, 9.17) is 0 Å². The van der Waals surface area contributed by atoms with Crippen LogP contribution in [-0.4, -0.2) is 80.6 Å². The molecule has 2 aliphatic heterocycles. The smallest absolute Gasteiger partial charge is 0.213 e. The van der Waals surface area contributed by atoms with Crippen molar-refractivity contribution in [2.45, 2.75) is 46.1 Å². The molecular weight excluding hydrogens is 310 g/mol. The molecule has 0 radical (unpaired) electrons. The average Bonchev–Trinajstić information content (AvgIpc) is 2.52. The van der Waals surface area contributed by atoms with Crippen LogP contribution in [0.2, 0.25) is 0 Å². The van der Waals surface area contributed by atoms with Gasteiger partial charge in [0.05, 0.1) is 5.75 Å². The van der Waals surface area contributed by atoms with E-state index in [1.165, 1.54) is 19.5 Å². The average molecular weight is 346 g/mol. The summed E-state index contributed by atoms with van der Waals surface area (Å²) >= 11 is 0. The molecule has 0 aromatic heterocycles. The summed E-state index contributed by atoms with van der Waals surface area (Å²) in [6, 6.07) is 0.186. The molecule has 0 aromatic carbocycles. The molecule has 0 aliphatic carbocycles. The summed E-state index contributed by atoms with van der Waals surface area (Å²) in [5.41, 5.74) is 0. The molecule has 2 saturated heterocycles. The second kappa shape index (κ2) is 8.28. The molecule has 5 nitrogen and oxygen atoms in total. The first-order valence-corrected chi connectivity index (χ1v) is 10.8. The minimum absolute atomic E-state index is 0.186. The normalized spacial score (nSPS) is 29.3. The van der Waals surface area contributed by atoms with E-state index in [0.29, 0.717) is 0 Å². The van der Waals surface area contributed by atoms with Crippen LogP contribution in [0.3, 0.4) is 0 Å². The van der Waals surface area contributed by atoms with Crippen LogP contribution >= 0.6 is 0 Å². The molecule has 2 heterocycles. The van der Waals surface area contributed by atoms with Crippen molar-refractivity contribution >= 4 is 10.0 Å². The number of hydrogen-bond acceptors (Lipinski definition) is 4. The van der Waals surface area contributed by atoms with Gasteiger partial charge in [-0.3, -0.25) is 0 Å². The van der Waals surface area contributed by atoms with E-state index < -0.39 is 10.0 Å². The van der Waals surface area contributed by atoms with Gasteiger partial charge in [0.15, 0.2) is 0 Å². The zero-order valence-corrected chi connectivity index (χ0v) is 16.2. The Hall–Kier alpha value is -0.170. The Kier molecular flexibility index (Phi) is 6.89. The second-order valence-electron chi connectivity index (χ2n) is 7.70. The molecule has 0 unspecified atom stereocenters. The molecule has 0 amide bonds. The monoisotopic (exact) mass is 345 g/mol. The van der Waals surface area contributed by atoms with Crippen molar-refractivity contribution in [3.63, 3.8) is 0 Å². The number of rotatable bonds is 6. The van der Waals surface area contributed by atoms with Crippen LogP contribution in [0.4, 0.5) is 0 Å². The van der Waals surface area contributed by atoms with Gasteiger partial charge in [0.2, 0.25) is 10.0 Å². The van der Waals surface area contributed by atoms with Gasteiger partial charge in [-0.15, -0.1) is 0 Å². The van der Waals surface area contributed by atoms with Crippen molar-refractivity contribution in [1.29, 1.82) is 0 Å². The zero-order chi connectivity index (χ0) is 17.0. The Labute approximate surface area is 143 Å². The Bertz CT molecular complexity index is 450. The van der Waals surface area contributed by atoms with Gasteiger partial charge in [0.25, 0.3) is 0 Å². The highest BCUT2D eigenvalue weighted by molar-refractivity contribution is 7.89. The van der Waals surface area contributed by atoms with E-state index >= 15 is 0 Å². The van der Waals surface area contributed by atoms with Crippen LogP contribution in [0.1, 0.15) is 40.0 Å². The molecule has 0 N–H and O–H groups in total. The van der Waals surface area contributed by atoms with Crippen LogP contribution in [0, 0.1) is 11.8 Å². The van der Waals surface area contributed by atoms with Crippen LogP contribution in [0.15, 0.2) is 0 Å². The summed E-state index contributed by atoms with van der Waals surface area (Å²) in [6.07, 6.45) is 3.28. The largest absolute Gasteiger partial charge is 0.302 e. The van der Waals surface area contributed by atoms with E-state index in [0.717, 1.165) is 50.9 Å². The van der Waals surface area contributed by atoms with Crippen LogP contribution < -0.4 is 0 Å². The molecule has 2 fully saturated rings. The first-order chi connectivity index (χ1) is 10.8.